The average Bonchev–Trinajstić information content (AvgIpc) is 3.40. The van der Waals surface area contributed by atoms with Crippen molar-refractivity contribution in [3.8, 4) is 0 Å². The van der Waals surface area contributed by atoms with E-state index < -0.39 is 36.3 Å². The van der Waals surface area contributed by atoms with E-state index >= 15 is 0 Å². The van der Waals surface area contributed by atoms with Gasteiger partial charge in [0.15, 0.2) is 0 Å². The van der Waals surface area contributed by atoms with Gasteiger partial charge in [0, 0.05) is 12.2 Å². The van der Waals surface area contributed by atoms with Gasteiger partial charge in [-0.05, 0) is 68.5 Å². The standard InChI is InChI=1S/C23H29N5O4.2C2HF3O2/c1-13-18(6-7-20(24)27-13)12-26-21(29)14(2)28-22(30)19-10-16(11-25-19)8-15-4-3-5-17(9-15)23(31)32;2*3-2(4,5)1(6)7/h3-7,9,14,16,19,25H,8,10-12H2,1-2H3,(H2,24,27)(H,26,29)(H,28,30)(H,31,32);2*(H,6,7)/t14?,16-,19+;;/m0../s1. The number of carboxylic acid groups (broad SMARTS) is 3. The first-order valence-electron chi connectivity index (χ1n) is 13.1. The Balaban J connectivity index is 0.000000629. The summed E-state index contributed by atoms with van der Waals surface area (Å²) in [5.41, 5.74) is 8.43. The van der Waals surface area contributed by atoms with Crippen molar-refractivity contribution in [1.82, 2.24) is 20.9 Å². The molecule has 3 atom stereocenters. The minimum absolute atomic E-state index is 0.208. The summed E-state index contributed by atoms with van der Waals surface area (Å²) in [6, 6.07) is 9.28. The number of benzene rings is 1. The van der Waals surface area contributed by atoms with Gasteiger partial charge in [-0.3, -0.25) is 9.59 Å². The van der Waals surface area contributed by atoms with E-state index in [4.69, 9.17) is 30.6 Å². The van der Waals surface area contributed by atoms with Crippen molar-refractivity contribution in [3.05, 3.63) is 58.8 Å². The summed E-state index contributed by atoms with van der Waals surface area (Å²) in [4.78, 5) is 58.1. The Morgan fingerprint density at radius 1 is 1.00 bits per heavy atom. The smallest absolute Gasteiger partial charge is 0.478 e. The highest BCUT2D eigenvalue weighted by Gasteiger charge is 2.39. The van der Waals surface area contributed by atoms with E-state index in [9.17, 15) is 40.7 Å². The van der Waals surface area contributed by atoms with Crippen LogP contribution in [0.3, 0.4) is 0 Å². The number of aromatic nitrogens is 1. The van der Waals surface area contributed by atoms with E-state index in [-0.39, 0.29) is 29.3 Å². The fraction of sp³-hybridized carbons (Fsp3) is 0.407. The van der Waals surface area contributed by atoms with Crippen molar-refractivity contribution in [2.45, 2.75) is 57.7 Å². The van der Waals surface area contributed by atoms with Gasteiger partial charge in [-0.15, -0.1) is 0 Å². The number of anilines is 1. The molecule has 8 N–H and O–H groups in total. The predicted octanol–water partition coefficient (Wildman–Crippen LogP) is 2.28. The molecular weight excluding hydrogens is 636 g/mol. The molecule has 3 rings (SSSR count). The lowest BCUT2D eigenvalue weighted by Gasteiger charge is -2.17. The van der Waals surface area contributed by atoms with Crippen LogP contribution in [0.15, 0.2) is 36.4 Å². The number of halogens is 6. The van der Waals surface area contributed by atoms with Crippen molar-refractivity contribution in [2.75, 3.05) is 12.3 Å². The highest BCUT2D eigenvalue weighted by molar-refractivity contribution is 5.89. The predicted molar refractivity (Wildman–Crippen MR) is 147 cm³/mol. The first kappa shape index (κ1) is 39.1. The van der Waals surface area contributed by atoms with Crippen LogP contribution in [0.5, 0.6) is 0 Å². The third-order valence-electron chi connectivity index (χ3n) is 6.14. The van der Waals surface area contributed by atoms with Gasteiger partial charge in [-0.25, -0.2) is 19.4 Å². The molecule has 1 fully saturated rings. The maximum atomic E-state index is 12.6. The zero-order chi connectivity index (χ0) is 35.4. The van der Waals surface area contributed by atoms with Gasteiger partial charge in [0.1, 0.15) is 11.9 Å². The molecule has 0 aliphatic carbocycles. The number of carboxylic acids is 3. The summed E-state index contributed by atoms with van der Waals surface area (Å²) >= 11 is 0. The SMILES string of the molecule is Cc1nc(N)ccc1CNC(=O)C(C)NC(=O)[C@H]1C[C@H](Cc2cccc(C(=O)O)c2)CN1.O=C(O)C(F)(F)F.O=C(O)C(F)(F)F. The normalized spacial score (nSPS) is 16.4. The second kappa shape index (κ2) is 16.9. The maximum Gasteiger partial charge on any atom is 0.490 e. The first-order valence-corrected chi connectivity index (χ1v) is 13.1. The van der Waals surface area contributed by atoms with Gasteiger partial charge < -0.3 is 37.0 Å². The monoisotopic (exact) mass is 667 g/mol. The summed E-state index contributed by atoms with van der Waals surface area (Å²) in [7, 11) is 0. The summed E-state index contributed by atoms with van der Waals surface area (Å²) in [6.45, 7) is 4.42. The summed E-state index contributed by atoms with van der Waals surface area (Å²) in [5.74, 6) is -6.34. The first-order chi connectivity index (χ1) is 21.1. The quantitative estimate of drug-likeness (QED) is 0.202. The number of nitrogens with zero attached hydrogens (tertiary/aromatic N) is 1. The summed E-state index contributed by atoms with van der Waals surface area (Å²) < 4.78 is 63.5. The zero-order valence-corrected chi connectivity index (χ0v) is 24.2. The van der Waals surface area contributed by atoms with Crippen LogP contribution in [0.25, 0.3) is 0 Å². The Labute approximate surface area is 257 Å². The molecule has 19 heteroatoms. The second-order valence-electron chi connectivity index (χ2n) is 9.81. The molecule has 254 valence electrons. The number of nitrogen functional groups attached to an aromatic ring is 1. The number of carbonyl (C=O) groups excluding carboxylic acids is 2. The topological polar surface area (TPSA) is 221 Å². The Bertz CT molecular complexity index is 1380. The molecule has 46 heavy (non-hydrogen) atoms. The number of hydrogen-bond donors (Lipinski definition) is 7. The Morgan fingerprint density at radius 2 is 1.57 bits per heavy atom. The van der Waals surface area contributed by atoms with Crippen LogP contribution in [0, 0.1) is 12.8 Å². The number of aromatic carboxylic acids is 1. The van der Waals surface area contributed by atoms with Gasteiger partial charge in [-0.2, -0.15) is 26.3 Å². The van der Waals surface area contributed by atoms with Gasteiger partial charge >= 0.3 is 30.3 Å². The number of carbonyl (C=O) groups is 5. The number of rotatable bonds is 8. The van der Waals surface area contributed by atoms with E-state index in [1.807, 2.05) is 19.1 Å². The number of nitrogens with two attached hydrogens (primary N) is 1. The molecule has 1 unspecified atom stereocenters. The molecule has 1 aliphatic heterocycles. The second-order valence-corrected chi connectivity index (χ2v) is 9.81. The molecular formula is C27H31F6N5O8. The van der Waals surface area contributed by atoms with E-state index in [1.54, 1.807) is 31.2 Å². The number of aliphatic carboxylic acids is 2. The molecule has 1 aromatic carbocycles. The maximum absolute atomic E-state index is 12.6. The van der Waals surface area contributed by atoms with Crippen molar-refractivity contribution >= 4 is 35.5 Å². The van der Waals surface area contributed by atoms with E-state index in [2.05, 4.69) is 20.9 Å². The Kier molecular flexibility index (Phi) is 14.4. The van der Waals surface area contributed by atoms with Crippen molar-refractivity contribution in [1.29, 1.82) is 0 Å². The van der Waals surface area contributed by atoms with Crippen LogP contribution in [0.2, 0.25) is 0 Å². The van der Waals surface area contributed by atoms with Crippen LogP contribution in [-0.4, -0.2) is 81.0 Å². The minimum atomic E-state index is -5.08. The number of pyridine rings is 1. The molecule has 1 aliphatic rings. The molecule has 0 saturated carbocycles. The van der Waals surface area contributed by atoms with Crippen LogP contribution < -0.4 is 21.7 Å². The summed E-state index contributed by atoms with van der Waals surface area (Å²) in [5, 5.41) is 32.2. The molecule has 2 amide bonds. The molecule has 0 bridgehead atoms. The molecule has 2 heterocycles. The van der Waals surface area contributed by atoms with Gasteiger partial charge in [0.25, 0.3) is 0 Å². The molecule has 1 aromatic heterocycles. The Hall–Kier alpha value is -4.94. The highest BCUT2D eigenvalue weighted by atomic mass is 19.4. The third kappa shape index (κ3) is 13.8. The lowest BCUT2D eigenvalue weighted by Crippen LogP contribution is -2.50. The van der Waals surface area contributed by atoms with Crippen LogP contribution in [0.1, 0.15) is 40.5 Å². The Morgan fingerprint density at radius 3 is 2.07 bits per heavy atom. The molecule has 2 aromatic rings. The van der Waals surface area contributed by atoms with E-state index in [0.29, 0.717) is 31.7 Å². The van der Waals surface area contributed by atoms with E-state index in [1.165, 1.54) is 0 Å². The number of nitrogens with one attached hydrogen (secondary N) is 3. The number of alkyl halides is 6. The van der Waals surface area contributed by atoms with Gasteiger partial charge in [0.2, 0.25) is 11.8 Å². The van der Waals surface area contributed by atoms with E-state index in [0.717, 1.165) is 16.8 Å². The van der Waals surface area contributed by atoms with Crippen molar-refractivity contribution in [2.24, 2.45) is 5.92 Å². The average molecular weight is 668 g/mol. The number of aryl methyl sites for hydroxylation is 1. The fourth-order valence-corrected chi connectivity index (χ4v) is 3.84. The van der Waals surface area contributed by atoms with Crippen LogP contribution in [0.4, 0.5) is 32.2 Å². The van der Waals surface area contributed by atoms with Gasteiger partial charge in [-0.1, -0.05) is 18.2 Å². The number of hydrogen-bond acceptors (Lipinski definition) is 8. The fourth-order valence-electron chi connectivity index (χ4n) is 3.84. The van der Waals surface area contributed by atoms with Crippen LogP contribution >= 0.6 is 0 Å². The van der Waals surface area contributed by atoms with Crippen molar-refractivity contribution in [3.63, 3.8) is 0 Å². The largest absolute Gasteiger partial charge is 0.490 e. The lowest BCUT2D eigenvalue weighted by molar-refractivity contribution is -0.193. The zero-order valence-electron chi connectivity index (χ0n) is 24.2. The highest BCUT2D eigenvalue weighted by Crippen LogP contribution is 2.20. The molecule has 0 radical (unpaired) electrons. The minimum Gasteiger partial charge on any atom is -0.478 e. The van der Waals surface area contributed by atoms with Gasteiger partial charge in [0.05, 0.1) is 11.6 Å². The lowest BCUT2D eigenvalue weighted by atomic mass is 9.95. The number of amides is 2. The summed E-state index contributed by atoms with van der Waals surface area (Å²) in [6.07, 6.45) is -8.86. The van der Waals surface area contributed by atoms with Crippen molar-refractivity contribution < 1.29 is 65.6 Å². The molecule has 13 nitrogen and oxygen atoms in total. The molecule has 0 spiro atoms. The molecule has 1 saturated heterocycles. The van der Waals surface area contributed by atoms with Crippen LogP contribution in [-0.2, 0) is 32.1 Å². The third-order valence-corrected chi connectivity index (χ3v) is 6.14.